The third-order valence-electron chi connectivity index (χ3n) is 4.29. The second-order valence-corrected chi connectivity index (χ2v) is 5.54. The molecule has 96 valence electrons. The van der Waals surface area contributed by atoms with E-state index in [1.807, 2.05) is 4.90 Å². The summed E-state index contributed by atoms with van der Waals surface area (Å²) in [6.07, 6.45) is 6.37. The van der Waals surface area contributed by atoms with Gasteiger partial charge in [-0.15, -0.1) is 0 Å². The van der Waals surface area contributed by atoms with E-state index in [0.29, 0.717) is 13.0 Å². The molecule has 2 aliphatic heterocycles. The van der Waals surface area contributed by atoms with E-state index in [4.69, 9.17) is 9.47 Å². The predicted molar refractivity (Wildman–Crippen MR) is 62.7 cm³/mol. The maximum Gasteiger partial charge on any atom is 0.225 e. The summed E-state index contributed by atoms with van der Waals surface area (Å²) in [6, 6.07) is 0. The first kappa shape index (κ1) is 11.5. The summed E-state index contributed by atoms with van der Waals surface area (Å²) in [5, 5.41) is 0. The summed E-state index contributed by atoms with van der Waals surface area (Å²) in [6.45, 7) is 3.09. The quantitative estimate of drug-likeness (QED) is 0.730. The van der Waals surface area contributed by atoms with Gasteiger partial charge in [0.2, 0.25) is 5.91 Å². The van der Waals surface area contributed by atoms with Crippen LogP contribution in [0.1, 0.15) is 38.5 Å². The first-order valence-corrected chi connectivity index (χ1v) is 6.81. The number of nitrogens with zero attached hydrogens (tertiary/aromatic N) is 1. The summed E-state index contributed by atoms with van der Waals surface area (Å²) in [7, 11) is 0. The molecule has 3 aliphatic rings. The van der Waals surface area contributed by atoms with Crippen LogP contribution >= 0.6 is 0 Å². The zero-order chi connectivity index (χ0) is 11.7. The molecule has 0 radical (unpaired) electrons. The number of hydrogen-bond acceptors (Lipinski definition) is 3. The third kappa shape index (κ3) is 2.33. The summed E-state index contributed by atoms with van der Waals surface area (Å²) in [4.78, 5) is 14.2. The minimum absolute atomic E-state index is 0.0183. The topological polar surface area (TPSA) is 38.8 Å². The highest BCUT2D eigenvalue weighted by Crippen LogP contribution is 2.38. The maximum atomic E-state index is 12.2. The van der Waals surface area contributed by atoms with Crippen LogP contribution in [-0.2, 0) is 14.3 Å². The van der Waals surface area contributed by atoms with Crippen LogP contribution in [-0.4, -0.2) is 48.8 Å². The number of hydrogen-bond donors (Lipinski definition) is 0. The Morgan fingerprint density at radius 2 is 2.18 bits per heavy atom. The molecule has 1 spiro atoms. The second-order valence-electron chi connectivity index (χ2n) is 5.54. The molecule has 0 N–H and O–H groups in total. The van der Waals surface area contributed by atoms with Crippen LogP contribution in [0.5, 0.6) is 0 Å². The van der Waals surface area contributed by atoms with Gasteiger partial charge in [-0.2, -0.15) is 0 Å². The third-order valence-corrected chi connectivity index (χ3v) is 4.29. The molecule has 1 aliphatic carbocycles. The van der Waals surface area contributed by atoms with Gasteiger partial charge in [-0.1, -0.05) is 0 Å². The lowest BCUT2D eigenvalue weighted by atomic mass is 9.79. The fourth-order valence-electron chi connectivity index (χ4n) is 3.06. The van der Waals surface area contributed by atoms with Crippen molar-refractivity contribution in [1.29, 1.82) is 0 Å². The van der Waals surface area contributed by atoms with Crippen molar-refractivity contribution in [3.05, 3.63) is 0 Å². The lowest BCUT2D eigenvalue weighted by Crippen LogP contribution is -2.57. The highest BCUT2D eigenvalue weighted by atomic mass is 16.5. The molecule has 1 unspecified atom stereocenters. The first-order valence-electron chi connectivity index (χ1n) is 6.81. The van der Waals surface area contributed by atoms with Crippen molar-refractivity contribution in [2.75, 3.05) is 26.3 Å². The van der Waals surface area contributed by atoms with E-state index >= 15 is 0 Å². The number of carbonyl (C=O) groups is 1. The zero-order valence-corrected chi connectivity index (χ0v) is 10.3. The zero-order valence-electron chi connectivity index (χ0n) is 10.3. The molecule has 0 aromatic rings. The second kappa shape index (κ2) is 4.58. The molecule has 1 saturated carbocycles. The van der Waals surface area contributed by atoms with Gasteiger partial charge in [-0.05, 0) is 32.1 Å². The van der Waals surface area contributed by atoms with E-state index < -0.39 is 0 Å². The SMILES string of the molecule is O=C(CC1CCCO1)N1CCOC2(CCC2)C1. The van der Waals surface area contributed by atoms with Crippen LogP contribution in [0.25, 0.3) is 0 Å². The summed E-state index contributed by atoms with van der Waals surface area (Å²) in [5.41, 5.74) is 0.0183. The normalized spacial score (nSPS) is 31.5. The van der Waals surface area contributed by atoms with Crippen LogP contribution in [0.2, 0.25) is 0 Å². The van der Waals surface area contributed by atoms with Gasteiger partial charge in [0, 0.05) is 19.7 Å². The van der Waals surface area contributed by atoms with Crippen LogP contribution < -0.4 is 0 Å². The molecule has 2 heterocycles. The fourth-order valence-corrected chi connectivity index (χ4v) is 3.06. The summed E-state index contributed by atoms with van der Waals surface area (Å²) < 4.78 is 11.4. The van der Waals surface area contributed by atoms with Crippen LogP contribution in [0.3, 0.4) is 0 Å². The average Bonchev–Trinajstić information content (AvgIpc) is 2.80. The van der Waals surface area contributed by atoms with E-state index in [-0.39, 0.29) is 17.6 Å². The largest absolute Gasteiger partial charge is 0.378 e. The molecule has 1 amide bonds. The molecule has 0 aromatic carbocycles. The van der Waals surface area contributed by atoms with Gasteiger partial charge in [0.25, 0.3) is 0 Å². The molecule has 0 aromatic heterocycles. The minimum atomic E-state index is 0.0183. The molecule has 3 fully saturated rings. The standard InChI is InChI=1S/C13H21NO3/c15-12(9-11-3-1-7-16-11)14-6-8-17-13(10-14)4-2-5-13/h11H,1-10H2. The van der Waals surface area contributed by atoms with Crippen molar-refractivity contribution in [3.63, 3.8) is 0 Å². The number of carbonyl (C=O) groups excluding carboxylic acids is 1. The lowest BCUT2D eigenvalue weighted by molar-refractivity contribution is -0.168. The highest BCUT2D eigenvalue weighted by Gasteiger charge is 2.43. The summed E-state index contributed by atoms with van der Waals surface area (Å²) >= 11 is 0. The molecule has 3 rings (SSSR count). The average molecular weight is 239 g/mol. The van der Waals surface area contributed by atoms with Gasteiger partial charge in [-0.3, -0.25) is 4.79 Å². The Bertz CT molecular complexity index is 295. The Morgan fingerprint density at radius 3 is 2.82 bits per heavy atom. The van der Waals surface area contributed by atoms with E-state index in [0.717, 1.165) is 45.4 Å². The van der Waals surface area contributed by atoms with Crippen molar-refractivity contribution >= 4 is 5.91 Å². The number of amides is 1. The number of morpholine rings is 1. The van der Waals surface area contributed by atoms with E-state index in [1.165, 1.54) is 6.42 Å². The molecule has 0 bridgehead atoms. The first-order chi connectivity index (χ1) is 8.27. The molecule has 2 saturated heterocycles. The maximum absolute atomic E-state index is 12.2. The van der Waals surface area contributed by atoms with Gasteiger partial charge in [0.05, 0.1) is 24.7 Å². The van der Waals surface area contributed by atoms with Gasteiger partial charge in [0.15, 0.2) is 0 Å². The number of ether oxygens (including phenoxy) is 2. The monoisotopic (exact) mass is 239 g/mol. The van der Waals surface area contributed by atoms with Gasteiger partial charge < -0.3 is 14.4 Å². The smallest absolute Gasteiger partial charge is 0.225 e. The Labute approximate surface area is 102 Å². The Kier molecular flexibility index (Phi) is 3.09. The van der Waals surface area contributed by atoms with Gasteiger partial charge in [0.1, 0.15) is 0 Å². The Hall–Kier alpha value is -0.610. The molecule has 4 nitrogen and oxygen atoms in total. The Balaban J connectivity index is 1.53. The van der Waals surface area contributed by atoms with Crippen molar-refractivity contribution in [2.24, 2.45) is 0 Å². The van der Waals surface area contributed by atoms with Crippen LogP contribution in [0, 0.1) is 0 Å². The molecule has 4 heteroatoms. The molecule has 1 atom stereocenters. The van der Waals surface area contributed by atoms with Gasteiger partial charge in [-0.25, -0.2) is 0 Å². The fraction of sp³-hybridized carbons (Fsp3) is 0.923. The Morgan fingerprint density at radius 1 is 1.29 bits per heavy atom. The molecular formula is C13H21NO3. The van der Waals surface area contributed by atoms with Gasteiger partial charge >= 0.3 is 0 Å². The minimum Gasteiger partial charge on any atom is -0.378 e. The predicted octanol–water partition coefficient (Wildman–Crippen LogP) is 1.34. The number of rotatable bonds is 2. The molecule has 17 heavy (non-hydrogen) atoms. The van der Waals surface area contributed by atoms with E-state index in [2.05, 4.69) is 0 Å². The van der Waals surface area contributed by atoms with Crippen molar-refractivity contribution in [3.8, 4) is 0 Å². The van der Waals surface area contributed by atoms with Crippen LogP contribution in [0.4, 0.5) is 0 Å². The van der Waals surface area contributed by atoms with Crippen molar-refractivity contribution in [1.82, 2.24) is 4.90 Å². The summed E-state index contributed by atoms with van der Waals surface area (Å²) in [5.74, 6) is 0.256. The molecular weight excluding hydrogens is 218 g/mol. The van der Waals surface area contributed by atoms with Crippen LogP contribution in [0.15, 0.2) is 0 Å². The van der Waals surface area contributed by atoms with E-state index in [1.54, 1.807) is 0 Å². The highest BCUT2D eigenvalue weighted by molar-refractivity contribution is 5.77. The van der Waals surface area contributed by atoms with Crippen molar-refractivity contribution in [2.45, 2.75) is 50.2 Å². The lowest BCUT2D eigenvalue weighted by Gasteiger charge is -2.48. The van der Waals surface area contributed by atoms with E-state index in [9.17, 15) is 4.79 Å². The van der Waals surface area contributed by atoms with Crippen molar-refractivity contribution < 1.29 is 14.3 Å².